The Kier molecular flexibility index (Phi) is 10.4. The van der Waals surface area contributed by atoms with Gasteiger partial charge in [0.05, 0.1) is 37.0 Å². The first-order chi connectivity index (χ1) is 24.2. The van der Waals surface area contributed by atoms with Crippen molar-refractivity contribution in [3.05, 3.63) is 48.1 Å². The van der Waals surface area contributed by atoms with Gasteiger partial charge in [-0.15, -0.1) is 10.2 Å². The lowest BCUT2D eigenvalue weighted by atomic mass is 9.89. The number of methoxy groups -OCH3 is 1. The van der Waals surface area contributed by atoms with Crippen molar-refractivity contribution in [1.29, 1.82) is 0 Å². The van der Waals surface area contributed by atoms with Gasteiger partial charge in [-0.05, 0) is 73.6 Å². The monoisotopic (exact) mass is 714 g/mol. The second-order valence-electron chi connectivity index (χ2n) is 13.3. The Morgan fingerprint density at radius 1 is 1.00 bits per heavy atom. The van der Waals surface area contributed by atoms with E-state index >= 15 is 0 Å². The topological polar surface area (TPSA) is 139 Å². The largest absolute Gasteiger partial charge is 0.487 e. The van der Waals surface area contributed by atoms with Crippen LogP contribution in [0.1, 0.15) is 51.5 Å². The molecule has 1 saturated carbocycles. The Balaban J connectivity index is 1.04. The molecule has 268 valence electrons. The summed E-state index contributed by atoms with van der Waals surface area (Å²) in [6.45, 7) is 2.34. The van der Waals surface area contributed by atoms with Crippen molar-refractivity contribution in [3.8, 4) is 22.8 Å². The maximum atomic E-state index is 14.4. The van der Waals surface area contributed by atoms with E-state index < -0.39 is 19.1 Å². The molecule has 2 bridgehead atoms. The summed E-state index contributed by atoms with van der Waals surface area (Å²) in [6.07, 6.45) is 12.7. The predicted octanol–water partition coefficient (Wildman–Crippen LogP) is 5.20. The van der Waals surface area contributed by atoms with Gasteiger partial charge in [0.15, 0.2) is 6.61 Å². The Bertz CT molecular complexity index is 1690. The van der Waals surface area contributed by atoms with E-state index in [1.165, 1.54) is 26.3 Å². The minimum absolute atomic E-state index is 0.0529. The number of hydrogen-bond acceptors (Lipinski definition) is 12. The zero-order valence-electron chi connectivity index (χ0n) is 28.0. The molecule has 5 heterocycles. The van der Waals surface area contributed by atoms with Gasteiger partial charge in [-0.1, -0.05) is 17.7 Å². The average Bonchev–Trinajstić information content (AvgIpc) is 3.83. The van der Waals surface area contributed by atoms with Gasteiger partial charge >= 0.3 is 5.92 Å². The van der Waals surface area contributed by atoms with Gasteiger partial charge in [-0.25, -0.2) is 23.4 Å². The van der Waals surface area contributed by atoms with Crippen LogP contribution in [0, 0.1) is 0 Å². The molecule has 3 fully saturated rings. The van der Waals surface area contributed by atoms with Gasteiger partial charge in [0.1, 0.15) is 30.5 Å². The lowest BCUT2D eigenvalue weighted by Gasteiger charge is -2.43. The number of aromatic nitrogens is 8. The number of hydrogen-bond donors (Lipinski definition) is 1. The molecule has 1 aliphatic carbocycles. The van der Waals surface area contributed by atoms with Gasteiger partial charge in [0.25, 0.3) is 5.88 Å². The van der Waals surface area contributed by atoms with E-state index in [4.69, 9.17) is 25.8 Å². The fraction of sp³-hybridized carbons (Fsp3) is 0.576. The summed E-state index contributed by atoms with van der Waals surface area (Å²) in [5.41, 5.74) is 1.92. The predicted molar refractivity (Wildman–Crippen MR) is 179 cm³/mol. The number of nitrogens with one attached hydrogen (secondary N) is 1. The molecule has 4 aromatic rings. The second-order valence-corrected chi connectivity index (χ2v) is 13.7. The van der Waals surface area contributed by atoms with Crippen molar-refractivity contribution in [1.82, 2.24) is 44.9 Å². The molecule has 1 aromatic carbocycles. The zero-order chi connectivity index (χ0) is 34.7. The fourth-order valence-electron chi connectivity index (χ4n) is 7.28. The molecule has 17 heteroatoms. The van der Waals surface area contributed by atoms with Crippen molar-refractivity contribution in [2.24, 2.45) is 0 Å². The first-order valence-electron chi connectivity index (χ1n) is 16.9. The van der Waals surface area contributed by atoms with E-state index in [0.717, 1.165) is 50.0 Å². The standard InChI is InChI=1S/C33H41ClF2N10O4/c1-21(14-44-20-39-42-43-44)50-30-11-22(3-10-28(30)34)23-12-37-32(38-13-23)40-29-15-45(41-31(29)49-19-33(35,36)18-47-2)24-4-6-25(7-5-24)46-26-8-9-27(46)17-48-16-26/h3,10-13,15,20-21,24-27H,4-9,14,16-19H2,1-2H3,(H,37,38,40)/t21-,24-,25-,26-,27+/m0/s1. The van der Waals surface area contributed by atoms with Gasteiger partial charge in [-0.2, -0.15) is 0 Å². The summed E-state index contributed by atoms with van der Waals surface area (Å²) in [7, 11) is 1.23. The number of alkyl halides is 2. The highest BCUT2D eigenvalue weighted by molar-refractivity contribution is 6.32. The number of anilines is 2. The van der Waals surface area contributed by atoms with E-state index in [-0.39, 0.29) is 24.0 Å². The summed E-state index contributed by atoms with van der Waals surface area (Å²) in [5.74, 6) is -2.38. The number of benzene rings is 1. The van der Waals surface area contributed by atoms with Crippen LogP contribution < -0.4 is 14.8 Å². The minimum atomic E-state index is -3.18. The molecule has 0 amide bonds. The number of halogens is 3. The van der Waals surface area contributed by atoms with Crippen LogP contribution in [0.3, 0.4) is 0 Å². The maximum Gasteiger partial charge on any atom is 0.304 e. The fourth-order valence-corrected chi connectivity index (χ4v) is 7.44. The molecule has 3 aromatic heterocycles. The van der Waals surface area contributed by atoms with Crippen LogP contribution >= 0.6 is 11.6 Å². The molecule has 14 nitrogen and oxygen atoms in total. The lowest BCUT2D eigenvalue weighted by Crippen LogP contribution is -2.52. The molecule has 7 rings (SSSR count). The van der Waals surface area contributed by atoms with Gasteiger partial charge in [0.2, 0.25) is 5.95 Å². The van der Waals surface area contributed by atoms with E-state index in [1.807, 2.05) is 23.7 Å². The highest BCUT2D eigenvalue weighted by Gasteiger charge is 2.42. The SMILES string of the molecule is COCC(F)(F)COc1nn([C@H]2CC[C@H](N3[C@@H]4CC[C@H]3COC4)CC2)cc1Nc1ncc(-c2ccc(Cl)c(O[C@@H](C)Cn3cnnn3)c2)cn1. The minimum Gasteiger partial charge on any atom is -0.487 e. The molecule has 2 aliphatic heterocycles. The highest BCUT2D eigenvalue weighted by Crippen LogP contribution is 2.40. The van der Waals surface area contributed by atoms with Crippen LogP contribution in [0.5, 0.6) is 11.6 Å². The van der Waals surface area contributed by atoms with Gasteiger partial charge in [-0.3, -0.25) is 9.58 Å². The summed E-state index contributed by atoms with van der Waals surface area (Å²) in [5, 5.41) is 19.4. The van der Waals surface area contributed by atoms with Crippen LogP contribution in [0.2, 0.25) is 5.02 Å². The smallest absolute Gasteiger partial charge is 0.304 e. The molecule has 3 atom stereocenters. The molecule has 50 heavy (non-hydrogen) atoms. The molecule has 1 N–H and O–H groups in total. The molecule has 0 spiro atoms. The summed E-state index contributed by atoms with van der Waals surface area (Å²) >= 11 is 6.43. The summed E-state index contributed by atoms with van der Waals surface area (Å²) < 4.78 is 54.3. The van der Waals surface area contributed by atoms with Crippen molar-refractivity contribution in [3.63, 3.8) is 0 Å². The Hall–Kier alpha value is -3.99. The van der Waals surface area contributed by atoms with E-state index in [0.29, 0.717) is 41.1 Å². The average molecular weight is 715 g/mol. The van der Waals surface area contributed by atoms with Crippen molar-refractivity contribution in [2.45, 2.75) is 88.2 Å². The van der Waals surface area contributed by atoms with Crippen molar-refractivity contribution < 1.29 is 27.7 Å². The van der Waals surface area contributed by atoms with Gasteiger partial charge < -0.3 is 24.3 Å². The third-order valence-electron chi connectivity index (χ3n) is 9.56. The lowest BCUT2D eigenvalue weighted by molar-refractivity contribution is -0.0917. The molecule has 2 saturated heterocycles. The number of nitrogens with zero attached hydrogens (tertiary/aromatic N) is 9. The molecule has 0 radical (unpaired) electrons. The zero-order valence-corrected chi connectivity index (χ0v) is 28.8. The molecule has 3 aliphatic rings. The van der Waals surface area contributed by atoms with Crippen molar-refractivity contribution in [2.75, 3.05) is 38.9 Å². The van der Waals surface area contributed by atoms with E-state index in [2.05, 4.69) is 45.5 Å². The van der Waals surface area contributed by atoms with Crippen molar-refractivity contribution >= 4 is 23.2 Å². The summed E-state index contributed by atoms with van der Waals surface area (Å²) in [4.78, 5) is 11.7. The van der Waals surface area contributed by atoms with Gasteiger partial charge in [0, 0.05) is 43.2 Å². The summed E-state index contributed by atoms with van der Waals surface area (Å²) in [6, 6.07) is 7.09. The van der Waals surface area contributed by atoms with E-state index in [1.54, 1.807) is 29.3 Å². The maximum absolute atomic E-state index is 14.4. The third-order valence-corrected chi connectivity index (χ3v) is 9.87. The van der Waals surface area contributed by atoms with Crippen LogP contribution in [0.4, 0.5) is 20.4 Å². The highest BCUT2D eigenvalue weighted by atomic mass is 35.5. The number of ether oxygens (including phenoxy) is 4. The number of tetrazole rings is 1. The van der Waals surface area contributed by atoms with Crippen LogP contribution in [0.25, 0.3) is 11.1 Å². The first-order valence-corrected chi connectivity index (χ1v) is 17.3. The molecule has 0 unspecified atom stereocenters. The third kappa shape index (κ3) is 7.98. The van der Waals surface area contributed by atoms with Crippen LogP contribution in [0.15, 0.2) is 43.1 Å². The van der Waals surface area contributed by atoms with E-state index in [9.17, 15) is 8.78 Å². The Morgan fingerprint density at radius 3 is 2.42 bits per heavy atom. The Labute approximate surface area is 293 Å². The first kappa shape index (κ1) is 34.5. The number of morpholine rings is 1. The van der Waals surface area contributed by atoms with Crippen LogP contribution in [-0.4, -0.2) is 109 Å². The molecular formula is C33H41ClF2N10O4. The number of fused-ring (bicyclic) bond motifs is 2. The quantitative estimate of drug-likeness (QED) is 0.184. The Morgan fingerprint density at radius 2 is 1.72 bits per heavy atom. The number of rotatable bonds is 14. The van der Waals surface area contributed by atoms with Crippen LogP contribution in [-0.2, 0) is 16.0 Å². The molecular weight excluding hydrogens is 674 g/mol. The normalized spacial score (nSPS) is 23.1. The second kappa shape index (κ2) is 15.1.